The number of aryl methyl sites for hydroxylation is 1. The summed E-state index contributed by atoms with van der Waals surface area (Å²) >= 11 is 16.7. The van der Waals surface area contributed by atoms with Gasteiger partial charge in [-0.3, -0.25) is 18.8 Å². The molecule has 0 bridgehead atoms. The number of rotatable bonds is 11. The van der Waals surface area contributed by atoms with Gasteiger partial charge in [-0.05, 0) is 70.9 Å². The molecule has 4 rings (SSSR count). The van der Waals surface area contributed by atoms with E-state index in [1.807, 2.05) is 23.6 Å². The van der Waals surface area contributed by atoms with Gasteiger partial charge < -0.3 is 25.0 Å². The van der Waals surface area contributed by atoms with Crippen molar-refractivity contribution in [1.82, 2.24) is 14.7 Å². The molecule has 2 aromatic carbocycles. The summed E-state index contributed by atoms with van der Waals surface area (Å²) in [5.74, 6) is -0.572. The Hall–Kier alpha value is -3.61. The molecule has 2 N–H and O–H groups in total. The molecule has 0 aliphatic heterocycles. The van der Waals surface area contributed by atoms with E-state index in [2.05, 4.69) is 31.5 Å². The van der Waals surface area contributed by atoms with Crippen molar-refractivity contribution in [2.75, 3.05) is 37.5 Å². The molecule has 0 radical (unpaired) electrons. The van der Waals surface area contributed by atoms with Crippen LogP contribution in [0.2, 0.25) is 10.0 Å². The molecule has 0 aliphatic carbocycles. The van der Waals surface area contributed by atoms with Gasteiger partial charge in [-0.1, -0.05) is 35.3 Å². The quantitative estimate of drug-likeness (QED) is 0.181. The van der Waals surface area contributed by atoms with Gasteiger partial charge >= 0.3 is 0 Å². The fourth-order valence-electron chi connectivity index (χ4n) is 4.02. The van der Waals surface area contributed by atoms with E-state index in [1.54, 1.807) is 55.6 Å². The third-order valence-corrected chi connectivity index (χ3v) is 8.03. The maximum absolute atomic E-state index is 12.9. The van der Waals surface area contributed by atoms with Gasteiger partial charge in [0.15, 0.2) is 11.4 Å². The number of benzene rings is 2. The second-order valence-corrected chi connectivity index (χ2v) is 10.8. The highest BCUT2D eigenvalue weighted by molar-refractivity contribution is 9.10. The van der Waals surface area contributed by atoms with Crippen LogP contribution in [0.15, 0.2) is 65.4 Å². The number of nitrogens with zero attached hydrogens (tertiary/aromatic N) is 3. The van der Waals surface area contributed by atoms with Crippen LogP contribution in [0, 0.1) is 6.92 Å². The molecule has 3 amide bonds. The number of nitrogens with one attached hydrogen (secondary N) is 2. The summed E-state index contributed by atoms with van der Waals surface area (Å²) < 4.78 is 13.5. The van der Waals surface area contributed by atoms with E-state index < -0.39 is 11.8 Å². The van der Waals surface area contributed by atoms with E-state index >= 15 is 0 Å². The van der Waals surface area contributed by atoms with Crippen molar-refractivity contribution in [2.45, 2.75) is 13.5 Å². The van der Waals surface area contributed by atoms with Gasteiger partial charge in [-0.2, -0.15) is 0 Å². The van der Waals surface area contributed by atoms with Gasteiger partial charge in [0.2, 0.25) is 17.7 Å². The van der Waals surface area contributed by atoms with Crippen LogP contribution in [0.3, 0.4) is 0 Å². The van der Waals surface area contributed by atoms with Crippen LogP contribution >= 0.6 is 51.5 Å². The topological polar surface area (TPSA) is 114 Å². The number of anilines is 2. The maximum atomic E-state index is 12.9. The lowest BCUT2D eigenvalue weighted by molar-refractivity contribution is -0.122. The maximum Gasteiger partial charge on any atom is 0.250 e. The van der Waals surface area contributed by atoms with Crippen LogP contribution in [0.4, 0.5) is 11.4 Å². The molecule has 0 unspecified atom stereocenters. The Bertz CT molecular complexity index is 1690. The van der Waals surface area contributed by atoms with Gasteiger partial charge in [0.25, 0.3) is 0 Å². The number of likely N-dealkylation sites (N-methyl/N-ethyl adjacent to an activating group) is 1. The summed E-state index contributed by atoms with van der Waals surface area (Å²) in [6, 6.07) is 13.8. The molecule has 0 atom stereocenters. The fraction of sp³-hybridized carbons (Fsp3) is 0.200. The van der Waals surface area contributed by atoms with Crippen LogP contribution < -0.4 is 20.3 Å². The first-order valence-electron chi connectivity index (χ1n) is 12.9. The number of carbonyl (C=O) groups is 3. The molecule has 14 heteroatoms. The lowest BCUT2D eigenvalue weighted by atomic mass is 10.2. The summed E-state index contributed by atoms with van der Waals surface area (Å²) in [7, 11) is 3.00. The van der Waals surface area contributed by atoms with Gasteiger partial charge in [0, 0.05) is 42.7 Å². The average Bonchev–Trinajstić information content (AvgIpc) is 3.28. The minimum atomic E-state index is -0.453. The SMILES string of the molecule is COCC(=O)Nc1ccc(/C=C/C(=O)NCC(=O)N(C)c2ccc(Cl)c(COc3cccn4c(Br)c(C)nc34)c2Cl)cc1.Cl. The summed E-state index contributed by atoms with van der Waals surface area (Å²) in [6.07, 6.45) is 4.78. The number of imidazole rings is 1. The predicted molar refractivity (Wildman–Crippen MR) is 178 cm³/mol. The Morgan fingerprint density at radius 3 is 2.55 bits per heavy atom. The summed E-state index contributed by atoms with van der Waals surface area (Å²) in [5.41, 5.74) is 3.70. The Kier molecular flexibility index (Phi) is 12.6. The molecule has 44 heavy (non-hydrogen) atoms. The van der Waals surface area contributed by atoms with Crippen LogP contribution in [0.25, 0.3) is 11.7 Å². The van der Waals surface area contributed by atoms with E-state index in [9.17, 15) is 14.4 Å². The first-order valence-corrected chi connectivity index (χ1v) is 14.5. The van der Waals surface area contributed by atoms with Crippen molar-refractivity contribution in [1.29, 1.82) is 0 Å². The number of carbonyl (C=O) groups excluding carboxylic acids is 3. The summed E-state index contributed by atoms with van der Waals surface area (Å²) in [6.45, 7) is 1.62. The van der Waals surface area contributed by atoms with Gasteiger partial charge in [-0.15, -0.1) is 12.4 Å². The fourth-order valence-corrected chi connectivity index (χ4v) is 5.00. The van der Waals surface area contributed by atoms with Crippen molar-refractivity contribution < 1.29 is 23.9 Å². The molecule has 2 heterocycles. The number of pyridine rings is 1. The third-order valence-electron chi connectivity index (χ3n) is 6.30. The zero-order valence-corrected chi connectivity index (χ0v) is 27.8. The number of amides is 3. The monoisotopic (exact) mass is 723 g/mol. The van der Waals surface area contributed by atoms with E-state index in [0.29, 0.717) is 33.4 Å². The largest absolute Gasteiger partial charge is 0.485 e. The molecular formula is C30H29BrCl3N5O5. The third kappa shape index (κ3) is 8.52. The summed E-state index contributed by atoms with van der Waals surface area (Å²) in [5, 5.41) is 5.90. The molecule has 4 aromatic rings. The van der Waals surface area contributed by atoms with E-state index in [4.69, 9.17) is 32.7 Å². The Labute approximate surface area is 278 Å². The number of methoxy groups -OCH3 is 1. The van der Waals surface area contributed by atoms with E-state index in [1.165, 1.54) is 18.1 Å². The minimum absolute atomic E-state index is 0. The van der Waals surface area contributed by atoms with Gasteiger partial charge in [0.05, 0.1) is 22.9 Å². The molecule has 10 nitrogen and oxygen atoms in total. The predicted octanol–water partition coefficient (Wildman–Crippen LogP) is 6.09. The smallest absolute Gasteiger partial charge is 0.250 e. The second-order valence-electron chi connectivity index (χ2n) is 9.31. The number of aromatic nitrogens is 2. The Balaban J connectivity index is 0.00000529. The highest BCUT2D eigenvalue weighted by Gasteiger charge is 2.20. The zero-order chi connectivity index (χ0) is 31.1. The highest BCUT2D eigenvalue weighted by atomic mass is 79.9. The number of ether oxygens (including phenoxy) is 2. The van der Waals surface area contributed by atoms with Crippen LogP contribution in [0.1, 0.15) is 16.8 Å². The number of hydrogen-bond acceptors (Lipinski definition) is 6. The van der Waals surface area contributed by atoms with Crippen LogP contribution in [-0.4, -0.2) is 54.4 Å². The zero-order valence-electron chi connectivity index (χ0n) is 23.9. The molecule has 232 valence electrons. The van der Waals surface area contributed by atoms with Crippen LogP contribution in [0.5, 0.6) is 5.75 Å². The average molecular weight is 726 g/mol. The highest BCUT2D eigenvalue weighted by Crippen LogP contribution is 2.35. The molecule has 0 spiro atoms. The first-order chi connectivity index (χ1) is 20.6. The number of halogens is 4. The number of hydrogen-bond donors (Lipinski definition) is 2. The second kappa shape index (κ2) is 15.9. The first kappa shape index (κ1) is 34.9. The van der Waals surface area contributed by atoms with Crippen molar-refractivity contribution in [3.05, 3.63) is 92.3 Å². The van der Waals surface area contributed by atoms with Crippen molar-refractivity contribution in [2.24, 2.45) is 0 Å². The normalized spacial score (nSPS) is 10.9. The van der Waals surface area contributed by atoms with E-state index in [-0.39, 0.29) is 43.1 Å². The van der Waals surface area contributed by atoms with Crippen molar-refractivity contribution in [3.8, 4) is 5.75 Å². The van der Waals surface area contributed by atoms with Gasteiger partial charge in [0.1, 0.15) is 17.8 Å². The molecule has 0 saturated carbocycles. The molecule has 0 fully saturated rings. The Morgan fingerprint density at radius 1 is 1.11 bits per heavy atom. The molecule has 2 aromatic heterocycles. The summed E-state index contributed by atoms with van der Waals surface area (Å²) in [4.78, 5) is 42.8. The van der Waals surface area contributed by atoms with Crippen LogP contribution in [-0.2, 0) is 25.7 Å². The Morgan fingerprint density at radius 2 is 1.84 bits per heavy atom. The van der Waals surface area contributed by atoms with E-state index in [0.717, 1.165) is 15.9 Å². The minimum Gasteiger partial charge on any atom is -0.485 e. The molecular weight excluding hydrogens is 697 g/mol. The lowest BCUT2D eigenvalue weighted by Gasteiger charge is -2.21. The van der Waals surface area contributed by atoms with Crippen molar-refractivity contribution in [3.63, 3.8) is 0 Å². The molecule has 0 saturated heterocycles. The van der Waals surface area contributed by atoms with Gasteiger partial charge in [-0.25, -0.2) is 4.98 Å². The lowest BCUT2D eigenvalue weighted by Crippen LogP contribution is -2.37. The number of fused-ring (bicyclic) bond motifs is 1. The molecule has 0 aliphatic rings. The standard InChI is InChI=1S/C30H28BrCl2N5O5.ClH/c1-18-29(31)38-14-4-5-24(30(38)35-18)43-16-21-22(32)11-12-23(28(21)33)37(2)27(41)15-34-25(39)13-8-19-6-9-20(10-7-19)36-26(40)17-42-3;/h4-14H,15-17H2,1-3H3,(H,34,39)(H,36,40);1H/b13-8+;. The van der Waals surface area contributed by atoms with Crippen molar-refractivity contribution >= 4 is 92.4 Å².